The lowest BCUT2D eigenvalue weighted by atomic mass is 9.82. The summed E-state index contributed by atoms with van der Waals surface area (Å²) in [6.07, 6.45) is 0.589. The van der Waals surface area contributed by atoms with Crippen LogP contribution < -0.4 is 4.90 Å². The van der Waals surface area contributed by atoms with Crippen molar-refractivity contribution in [2.75, 3.05) is 31.2 Å². The number of benzene rings is 2. The molecule has 1 fully saturated rings. The van der Waals surface area contributed by atoms with Crippen molar-refractivity contribution in [1.29, 1.82) is 0 Å². The van der Waals surface area contributed by atoms with Crippen molar-refractivity contribution in [3.63, 3.8) is 0 Å². The van der Waals surface area contributed by atoms with E-state index in [9.17, 15) is 9.90 Å². The fraction of sp³-hybridized carbons (Fsp3) is 0.381. The second kappa shape index (κ2) is 7.81. The van der Waals surface area contributed by atoms with Crippen LogP contribution in [0.5, 0.6) is 0 Å². The molecule has 0 radical (unpaired) electrons. The molecule has 1 aliphatic heterocycles. The number of carbonyl (C=O) groups is 1. The fourth-order valence-electron chi connectivity index (χ4n) is 3.31. The minimum atomic E-state index is -1.49. The molecule has 0 aliphatic carbocycles. The molecular formula is C21H25NO3. The van der Waals surface area contributed by atoms with Crippen LogP contribution in [0.3, 0.4) is 0 Å². The zero-order valence-corrected chi connectivity index (χ0v) is 14.6. The summed E-state index contributed by atoms with van der Waals surface area (Å²) in [6, 6.07) is 17.4. The summed E-state index contributed by atoms with van der Waals surface area (Å²) in [5.41, 5.74) is 1.21. The molecule has 2 aromatic rings. The Morgan fingerprint density at radius 1 is 1.08 bits per heavy atom. The molecule has 1 saturated heterocycles. The molecule has 132 valence electrons. The molecule has 1 atom stereocenters. The highest BCUT2D eigenvalue weighted by molar-refractivity contribution is 5.88. The average molecular weight is 339 g/mol. The molecule has 1 unspecified atom stereocenters. The second-order valence-corrected chi connectivity index (χ2v) is 6.45. The Bertz CT molecular complexity index is 693. The molecule has 1 aliphatic rings. The summed E-state index contributed by atoms with van der Waals surface area (Å²) in [4.78, 5) is 14.8. The van der Waals surface area contributed by atoms with Gasteiger partial charge in [0.05, 0.1) is 13.2 Å². The van der Waals surface area contributed by atoms with Gasteiger partial charge >= 0.3 is 0 Å². The van der Waals surface area contributed by atoms with E-state index in [2.05, 4.69) is 4.90 Å². The van der Waals surface area contributed by atoms with Gasteiger partial charge in [0.1, 0.15) is 0 Å². The first-order valence-corrected chi connectivity index (χ1v) is 8.86. The zero-order valence-electron chi connectivity index (χ0n) is 14.6. The van der Waals surface area contributed by atoms with Gasteiger partial charge in [0, 0.05) is 31.6 Å². The van der Waals surface area contributed by atoms with Crippen molar-refractivity contribution >= 4 is 11.5 Å². The smallest absolute Gasteiger partial charge is 0.168 e. The van der Waals surface area contributed by atoms with E-state index in [-0.39, 0.29) is 12.2 Å². The predicted octanol–water partition coefficient (Wildman–Crippen LogP) is 2.93. The first-order valence-electron chi connectivity index (χ1n) is 8.86. The lowest BCUT2D eigenvalue weighted by Crippen LogP contribution is -2.38. The topological polar surface area (TPSA) is 49.8 Å². The van der Waals surface area contributed by atoms with Crippen LogP contribution in [0.2, 0.25) is 0 Å². The van der Waals surface area contributed by atoms with Crippen LogP contribution in [-0.4, -0.2) is 37.2 Å². The van der Waals surface area contributed by atoms with E-state index in [1.165, 1.54) is 0 Å². The number of hydrogen-bond acceptors (Lipinski definition) is 4. The van der Waals surface area contributed by atoms with Crippen LogP contribution in [0.1, 0.15) is 24.5 Å². The van der Waals surface area contributed by atoms with Gasteiger partial charge in [-0.25, -0.2) is 0 Å². The fourth-order valence-corrected chi connectivity index (χ4v) is 3.31. The molecule has 2 aromatic carbocycles. The molecule has 3 rings (SSSR count). The van der Waals surface area contributed by atoms with Crippen LogP contribution >= 0.6 is 0 Å². The Balaban J connectivity index is 1.86. The molecule has 1 N–H and O–H groups in total. The third kappa shape index (κ3) is 3.91. The molecule has 4 heteroatoms. The number of ketones is 1. The molecule has 0 amide bonds. The number of hydrogen-bond donors (Lipinski definition) is 1. The molecule has 0 saturated carbocycles. The van der Waals surface area contributed by atoms with Crippen molar-refractivity contribution in [2.24, 2.45) is 0 Å². The van der Waals surface area contributed by atoms with Gasteiger partial charge in [0.25, 0.3) is 0 Å². The van der Waals surface area contributed by atoms with Crippen molar-refractivity contribution in [1.82, 2.24) is 0 Å². The zero-order chi connectivity index (χ0) is 17.7. The average Bonchev–Trinajstić information content (AvgIpc) is 2.69. The van der Waals surface area contributed by atoms with E-state index in [1.807, 2.05) is 54.6 Å². The monoisotopic (exact) mass is 339 g/mol. The Labute approximate surface area is 149 Å². The van der Waals surface area contributed by atoms with Crippen molar-refractivity contribution in [3.05, 3.63) is 65.7 Å². The lowest BCUT2D eigenvalue weighted by Gasteiger charge is -2.30. The Morgan fingerprint density at radius 2 is 1.72 bits per heavy atom. The maximum Gasteiger partial charge on any atom is 0.168 e. The first-order chi connectivity index (χ1) is 12.1. The summed E-state index contributed by atoms with van der Waals surface area (Å²) >= 11 is 0. The van der Waals surface area contributed by atoms with Gasteiger partial charge in [0.2, 0.25) is 0 Å². The SMILES string of the molecule is CCC(=O)C(O)(Cc1ccccc1)c1ccc(N2CCOCC2)cc1. The van der Waals surface area contributed by atoms with Crippen LogP contribution in [0, 0.1) is 0 Å². The van der Waals surface area contributed by atoms with E-state index in [4.69, 9.17) is 4.74 Å². The standard InChI is InChI=1S/C21H25NO3/c1-2-20(23)21(24,16-17-6-4-3-5-7-17)18-8-10-19(11-9-18)22-12-14-25-15-13-22/h3-11,24H,2,12-16H2,1H3. The van der Waals surface area contributed by atoms with Crippen LogP contribution in [0.4, 0.5) is 5.69 Å². The third-order valence-corrected chi connectivity index (χ3v) is 4.81. The molecule has 4 nitrogen and oxygen atoms in total. The number of anilines is 1. The van der Waals surface area contributed by atoms with Gasteiger partial charge in [-0.3, -0.25) is 4.79 Å². The van der Waals surface area contributed by atoms with E-state index < -0.39 is 5.60 Å². The van der Waals surface area contributed by atoms with Gasteiger partial charge in [-0.1, -0.05) is 49.4 Å². The van der Waals surface area contributed by atoms with Gasteiger partial charge in [-0.05, 0) is 23.3 Å². The highest BCUT2D eigenvalue weighted by Crippen LogP contribution is 2.30. The van der Waals surface area contributed by atoms with Gasteiger partial charge < -0.3 is 14.7 Å². The van der Waals surface area contributed by atoms with Crippen LogP contribution in [-0.2, 0) is 21.6 Å². The maximum absolute atomic E-state index is 12.5. The van der Waals surface area contributed by atoms with E-state index in [1.54, 1.807) is 6.92 Å². The molecule has 0 spiro atoms. The highest BCUT2D eigenvalue weighted by atomic mass is 16.5. The van der Waals surface area contributed by atoms with Crippen LogP contribution in [0.25, 0.3) is 0 Å². The number of nitrogens with zero attached hydrogens (tertiary/aromatic N) is 1. The number of Topliss-reactive ketones (excluding diaryl/α,β-unsaturated/α-hetero) is 1. The lowest BCUT2D eigenvalue weighted by molar-refractivity contribution is -0.138. The minimum Gasteiger partial charge on any atom is -0.378 e. The number of morpholine rings is 1. The summed E-state index contributed by atoms with van der Waals surface area (Å²) in [6.45, 7) is 4.98. The van der Waals surface area contributed by atoms with Gasteiger partial charge in [-0.15, -0.1) is 0 Å². The molecule has 0 aromatic heterocycles. The number of carbonyl (C=O) groups excluding carboxylic acids is 1. The van der Waals surface area contributed by atoms with E-state index >= 15 is 0 Å². The van der Waals surface area contributed by atoms with Gasteiger partial charge in [-0.2, -0.15) is 0 Å². The highest BCUT2D eigenvalue weighted by Gasteiger charge is 2.36. The number of aliphatic hydroxyl groups is 1. The normalized spacial score (nSPS) is 17.1. The third-order valence-electron chi connectivity index (χ3n) is 4.81. The van der Waals surface area contributed by atoms with Crippen molar-refractivity contribution in [3.8, 4) is 0 Å². The van der Waals surface area contributed by atoms with Crippen LogP contribution in [0.15, 0.2) is 54.6 Å². The summed E-state index contributed by atoms with van der Waals surface area (Å²) in [5.74, 6) is -0.157. The second-order valence-electron chi connectivity index (χ2n) is 6.45. The van der Waals surface area contributed by atoms with Gasteiger partial charge in [0.15, 0.2) is 11.4 Å². The Morgan fingerprint density at radius 3 is 2.32 bits per heavy atom. The van der Waals surface area contributed by atoms with Crippen molar-refractivity contribution < 1.29 is 14.6 Å². The first kappa shape index (κ1) is 17.6. The molecule has 25 heavy (non-hydrogen) atoms. The Kier molecular flexibility index (Phi) is 5.51. The maximum atomic E-state index is 12.5. The molecular weight excluding hydrogens is 314 g/mol. The number of rotatable bonds is 6. The van der Waals surface area contributed by atoms with E-state index in [0.717, 1.165) is 37.6 Å². The van der Waals surface area contributed by atoms with E-state index in [0.29, 0.717) is 12.0 Å². The van der Waals surface area contributed by atoms with Crippen molar-refractivity contribution in [2.45, 2.75) is 25.4 Å². The number of ether oxygens (including phenoxy) is 1. The summed E-state index contributed by atoms with van der Waals surface area (Å²) < 4.78 is 5.39. The molecule has 1 heterocycles. The minimum absolute atomic E-state index is 0.157. The Hall–Kier alpha value is -2.17. The predicted molar refractivity (Wildman–Crippen MR) is 98.8 cm³/mol. The largest absolute Gasteiger partial charge is 0.378 e. The molecule has 0 bridgehead atoms. The quantitative estimate of drug-likeness (QED) is 0.879. The summed E-state index contributed by atoms with van der Waals surface area (Å²) in [5, 5.41) is 11.2. The summed E-state index contributed by atoms with van der Waals surface area (Å²) in [7, 11) is 0.